The SMILES string of the molecule is CCCNC(=O)CCNC(=NCc1ccc(F)cc1C(F)(F)F)NCC. The van der Waals surface area contributed by atoms with Crippen LogP contribution in [0.15, 0.2) is 23.2 Å². The zero-order valence-corrected chi connectivity index (χ0v) is 14.8. The molecule has 3 N–H and O–H groups in total. The first-order valence-electron chi connectivity index (χ1n) is 8.42. The number of carbonyl (C=O) groups excluding carboxylic acids is 1. The smallest absolute Gasteiger partial charge is 0.357 e. The minimum absolute atomic E-state index is 0.118. The zero-order chi connectivity index (χ0) is 19.6. The maximum absolute atomic E-state index is 13.1. The van der Waals surface area contributed by atoms with Crippen LogP contribution in [0.1, 0.15) is 37.8 Å². The number of guanidine groups is 1. The Morgan fingerprint density at radius 3 is 2.46 bits per heavy atom. The van der Waals surface area contributed by atoms with Gasteiger partial charge in [0, 0.05) is 26.1 Å². The molecule has 26 heavy (non-hydrogen) atoms. The van der Waals surface area contributed by atoms with Crippen molar-refractivity contribution in [1.29, 1.82) is 0 Å². The molecule has 0 aliphatic rings. The molecule has 0 unspecified atom stereocenters. The van der Waals surface area contributed by atoms with E-state index in [9.17, 15) is 22.4 Å². The molecule has 1 aromatic rings. The van der Waals surface area contributed by atoms with Gasteiger partial charge < -0.3 is 16.0 Å². The summed E-state index contributed by atoms with van der Waals surface area (Å²) in [6.45, 7) is 4.87. The molecule has 1 rings (SSSR count). The Balaban J connectivity index is 2.74. The number of aliphatic imine (C=N–C) groups is 1. The molecule has 0 saturated carbocycles. The first-order chi connectivity index (χ1) is 12.3. The fraction of sp³-hybridized carbons (Fsp3) is 0.529. The first-order valence-corrected chi connectivity index (χ1v) is 8.42. The fourth-order valence-electron chi connectivity index (χ4n) is 2.10. The summed E-state index contributed by atoms with van der Waals surface area (Å²) < 4.78 is 52.1. The van der Waals surface area contributed by atoms with Gasteiger partial charge in [0.25, 0.3) is 0 Å². The number of nitrogens with zero attached hydrogens (tertiary/aromatic N) is 1. The van der Waals surface area contributed by atoms with E-state index in [1.807, 2.05) is 13.8 Å². The van der Waals surface area contributed by atoms with Crippen LogP contribution in [0.5, 0.6) is 0 Å². The summed E-state index contributed by atoms with van der Waals surface area (Å²) in [5.74, 6) is -0.783. The lowest BCUT2D eigenvalue weighted by Gasteiger charge is -2.14. The molecule has 0 aromatic heterocycles. The van der Waals surface area contributed by atoms with Crippen LogP contribution in [0.3, 0.4) is 0 Å². The molecule has 0 heterocycles. The molecule has 146 valence electrons. The summed E-state index contributed by atoms with van der Waals surface area (Å²) in [6.07, 6.45) is -3.60. The molecule has 0 saturated heterocycles. The van der Waals surface area contributed by atoms with Crippen LogP contribution in [-0.4, -0.2) is 31.5 Å². The van der Waals surface area contributed by atoms with Crippen molar-refractivity contribution in [2.75, 3.05) is 19.6 Å². The lowest BCUT2D eigenvalue weighted by atomic mass is 10.1. The Labute approximate surface area is 150 Å². The molecule has 5 nitrogen and oxygen atoms in total. The van der Waals surface area contributed by atoms with Gasteiger partial charge in [0.05, 0.1) is 12.1 Å². The van der Waals surface area contributed by atoms with E-state index in [0.717, 1.165) is 18.6 Å². The van der Waals surface area contributed by atoms with Crippen molar-refractivity contribution in [3.05, 3.63) is 35.1 Å². The van der Waals surface area contributed by atoms with Crippen LogP contribution in [-0.2, 0) is 17.5 Å². The highest BCUT2D eigenvalue weighted by Crippen LogP contribution is 2.32. The van der Waals surface area contributed by atoms with E-state index in [1.54, 1.807) is 0 Å². The molecular formula is C17H24F4N4O. The third kappa shape index (κ3) is 7.71. The van der Waals surface area contributed by atoms with Crippen LogP contribution >= 0.6 is 0 Å². The van der Waals surface area contributed by atoms with Crippen molar-refractivity contribution in [2.24, 2.45) is 4.99 Å². The number of benzene rings is 1. The Hall–Kier alpha value is -2.32. The second kappa shape index (κ2) is 10.6. The van der Waals surface area contributed by atoms with Gasteiger partial charge in [-0.05, 0) is 31.0 Å². The number of nitrogens with one attached hydrogen (secondary N) is 3. The summed E-state index contributed by atoms with van der Waals surface area (Å²) >= 11 is 0. The predicted molar refractivity (Wildman–Crippen MR) is 92.1 cm³/mol. The van der Waals surface area contributed by atoms with Gasteiger partial charge in [0.15, 0.2) is 5.96 Å². The number of halogens is 4. The maximum atomic E-state index is 13.1. The summed E-state index contributed by atoms with van der Waals surface area (Å²) in [4.78, 5) is 15.6. The second-order valence-corrected chi connectivity index (χ2v) is 5.52. The van der Waals surface area contributed by atoms with Crippen LogP contribution in [0, 0.1) is 5.82 Å². The van der Waals surface area contributed by atoms with Gasteiger partial charge in [0.2, 0.25) is 5.91 Å². The van der Waals surface area contributed by atoms with Gasteiger partial charge in [0.1, 0.15) is 5.82 Å². The number of carbonyl (C=O) groups is 1. The highest BCUT2D eigenvalue weighted by molar-refractivity contribution is 5.81. The van der Waals surface area contributed by atoms with E-state index in [1.165, 1.54) is 0 Å². The summed E-state index contributed by atoms with van der Waals surface area (Å²) in [5.41, 5.74) is -1.17. The van der Waals surface area contributed by atoms with Crippen LogP contribution in [0.25, 0.3) is 0 Å². The van der Waals surface area contributed by atoms with Crippen molar-refractivity contribution in [1.82, 2.24) is 16.0 Å². The van der Waals surface area contributed by atoms with Gasteiger partial charge in [-0.15, -0.1) is 0 Å². The van der Waals surface area contributed by atoms with Gasteiger partial charge in [-0.1, -0.05) is 13.0 Å². The van der Waals surface area contributed by atoms with E-state index in [-0.39, 0.29) is 36.9 Å². The van der Waals surface area contributed by atoms with Crippen molar-refractivity contribution < 1.29 is 22.4 Å². The van der Waals surface area contributed by atoms with E-state index >= 15 is 0 Å². The summed E-state index contributed by atoms with van der Waals surface area (Å²) in [7, 11) is 0. The molecule has 0 radical (unpaired) electrons. The summed E-state index contributed by atoms with van der Waals surface area (Å²) in [5, 5.41) is 8.51. The number of alkyl halides is 3. The number of hydrogen-bond donors (Lipinski definition) is 3. The monoisotopic (exact) mass is 376 g/mol. The van der Waals surface area contributed by atoms with Crippen molar-refractivity contribution in [3.8, 4) is 0 Å². The third-order valence-corrected chi connectivity index (χ3v) is 3.35. The maximum Gasteiger partial charge on any atom is 0.416 e. The van der Waals surface area contributed by atoms with Crippen LogP contribution in [0.2, 0.25) is 0 Å². The molecule has 0 fully saturated rings. The third-order valence-electron chi connectivity index (χ3n) is 3.35. The molecule has 0 bridgehead atoms. The van der Waals surface area contributed by atoms with E-state index in [2.05, 4.69) is 20.9 Å². The Morgan fingerprint density at radius 1 is 1.12 bits per heavy atom. The average molecular weight is 376 g/mol. The van der Waals surface area contributed by atoms with Crippen molar-refractivity contribution in [3.63, 3.8) is 0 Å². The lowest BCUT2D eigenvalue weighted by Crippen LogP contribution is -2.39. The quantitative estimate of drug-likeness (QED) is 0.371. The fourth-order valence-corrected chi connectivity index (χ4v) is 2.10. The number of rotatable bonds is 8. The Bertz CT molecular complexity index is 617. The normalized spacial score (nSPS) is 12.0. The number of hydrogen-bond acceptors (Lipinski definition) is 2. The topological polar surface area (TPSA) is 65.5 Å². The zero-order valence-electron chi connectivity index (χ0n) is 14.8. The largest absolute Gasteiger partial charge is 0.416 e. The van der Waals surface area contributed by atoms with E-state index < -0.39 is 17.6 Å². The predicted octanol–water partition coefficient (Wildman–Crippen LogP) is 2.82. The Morgan fingerprint density at radius 2 is 1.85 bits per heavy atom. The first kappa shape index (κ1) is 21.7. The molecule has 9 heteroatoms. The summed E-state index contributed by atoms with van der Waals surface area (Å²) in [6, 6.07) is 2.51. The molecule has 0 aliphatic heterocycles. The van der Waals surface area contributed by atoms with Crippen molar-refractivity contribution in [2.45, 2.75) is 39.4 Å². The molecule has 1 aromatic carbocycles. The van der Waals surface area contributed by atoms with E-state index in [4.69, 9.17) is 0 Å². The standard InChI is InChI=1S/C17H24F4N4O/c1-3-8-23-15(26)7-9-24-16(22-4-2)25-11-12-5-6-13(18)10-14(12)17(19,20)21/h5-6,10H,3-4,7-9,11H2,1-2H3,(H,23,26)(H2,22,24,25). The highest BCUT2D eigenvalue weighted by atomic mass is 19.4. The van der Waals surface area contributed by atoms with Crippen LogP contribution < -0.4 is 16.0 Å². The minimum Gasteiger partial charge on any atom is -0.357 e. The molecule has 0 spiro atoms. The molecule has 1 amide bonds. The molecule has 0 atom stereocenters. The van der Waals surface area contributed by atoms with Gasteiger partial charge in [-0.25, -0.2) is 9.38 Å². The average Bonchev–Trinajstić information content (AvgIpc) is 2.57. The number of amides is 1. The molecule has 0 aliphatic carbocycles. The van der Waals surface area contributed by atoms with E-state index in [0.29, 0.717) is 19.2 Å². The lowest BCUT2D eigenvalue weighted by molar-refractivity contribution is -0.138. The highest BCUT2D eigenvalue weighted by Gasteiger charge is 2.33. The second-order valence-electron chi connectivity index (χ2n) is 5.52. The molecular weight excluding hydrogens is 352 g/mol. The van der Waals surface area contributed by atoms with Gasteiger partial charge >= 0.3 is 6.18 Å². The van der Waals surface area contributed by atoms with Gasteiger partial charge in [-0.3, -0.25) is 4.79 Å². The van der Waals surface area contributed by atoms with Crippen LogP contribution in [0.4, 0.5) is 17.6 Å². The Kier molecular flexibility index (Phi) is 8.87. The minimum atomic E-state index is -4.66. The van der Waals surface area contributed by atoms with Gasteiger partial charge in [-0.2, -0.15) is 13.2 Å². The van der Waals surface area contributed by atoms with Crippen molar-refractivity contribution >= 4 is 11.9 Å².